The number of aromatic nitrogens is 3. The van der Waals surface area contributed by atoms with Crippen LogP contribution in [0.5, 0.6) is 0 Å². The maximum absolute atomic E-state index is 14.2. The standard InChI is InChI=1S/C19H25FN4O2/c1-13-4-3-5-15(8-13)24-18(14-9-19(20,10-14)12-25)21-17(22-24)16-11-23(2)6-7-26-16/h3-5,8,14,16,25H,6-7,9-12H2,1-2H3. The minimum Gasteiger partial charge on any atom is -0.393 e. The average Bonchev–Trinajstić information content (AvgIpc) is 3.04. The van der Waals surface area contributed by atoms with E-state index in [9.17, 15) is 9.50 Å². The molecule has 2 aromatic rings. The Kier molecular flexibility index (Phi) is 4.54. The Labute approximate surface area is 152 Å². The van der Waals surface area contributed by atoms with Crippen LogP contribution in [0.2, 0.25) is 0 Å². The molecule has 1 saturated carbocycles. The molecule has 1 unspecified atom stereocenters. The van der Waals surface area contributed by atoms with Crippen LogP contribution >= 0.6 is 0 Å². The smallest absolute Gasteiger partial charge is 0.181 e. The van der Waals surface area contributed by atoms with Crippen molar-refractivity contribution in [1.29, 1.82) is 0 Å². The zero-order chi connectivity index (χ0) is 18.3. The van der Waals surface area contributed by atoms with Crippen molar-refractivity contribution in [3.05, 3.63) is 41.5 Å². The number of nitrogens with zero attached hydrogens (tertiary/aromatic N) is 4. The summed E-state index contributed by atoms with van der Waals surface area (Å²) in [5.41, 5.74) is 0.557. The van der Waals surface area contributed by atoms with E-state index in [1.165, 1.54) is 0 Å². The van der Waals surface area contributed by atoms with Crippen LogP contribution in [-0.2, 0) is 4.74 Å². The first-order valence-electron chi connectivity index (χ1n) is 9.11. The Morgan fingerprint density at radius 1 is 1.38 bits per heavy atom. The van der Waals surface area contributed by atoms with Crippen LogP contribution < -0.4 is 0 Å². The summed E-state index contributed by atoms with van der Waals surface area (Å²) in [5, 5.41) is 14.0. The van der Waals surface area contributed by atoms with Gasteiger partial charge in [0.05, 0.1) is 18.9 Å². The minimum absolute atomic E-state index is 0.0461. The highest BCUT2D eigenvalue weighted by Gasteiger charge is 2.47. The minimum atomic E-state index is -1.49. The van der Waals surface area contributed by atoms with E-state index in [4.69, 9.17) is 14.8 Å². The maximum atomic E-state index is 14.2. The third-order valence-corrected chi connectivity index (χ3v) is 5.33. The van der Waals surface area contributed by atoms with Gasteiger partial charge in [0.2, 0.25) is 0 Å². The van der Waals surface area contributed by atoms with E-state index in [-0.39, 0.29) is 24.9 Å². The molecule has 0 amide bonds. The molecule has 1 saturated heterocycles. The molecule has 26 heavy (non-hydrogen) atoms. The number of aryl methyl sites for hydroxylation is 1. The molecule has 0 bridgehead atoms. The highest BCUT2D eigenvalue weighted by atomic mass is 19.1. The van der Waals surface area contributed by atoms with E-state index in [1.807, 2.05) is 35.9 Å². The van der Waals surface area contributed by atoms with Crippen LogP contribution in [-0.4, -0.2) is 63.8 Å². The topological polar surface area (TPSA) is 63.4 Å². The molecule has 140 valence electrons. The van der Waals surface area contributed by atoms with Crippen LogP contribution in [0.4, 0.5) is 4.39 Å². The molecule has 1 N–H and O–H groups in total. The molecule has 2 aliphatic rings. The number of rotatable bonds is 4. The molecule has 6 nitrogen and oxygen atoms in total. The van der Waals surface area contributed by atoms with E-state index in [0.29, 0.717) is 12.4 Å². The fourth-order valence-corrected chi connectivity index (χ4v) is 3.76. The summed E-state index contributed by atoms with van der Waals surface area (Å²) in [6.45, 7) is 3.88. The van der Waals surface area contributed by atoms with E-state index in [0.717, 1.165) is 30.2 Å². The van der Waals surface area contributed by atoms with Gasteiger partial charge in [0.15, 0.2) is 5.82 Å². The quantitative estimate of drug-likeness (QED) is 0.905. The van der Waals surface area contributed by atoms with Gasteiger partial charge in [0.1, 0.15) is 17.6 Å². The van der Waals surface area contributed by atoms with Gasteiger partial charge in [-0.25, -0.2) is 14.1 Å². The highest BCUT2D eigenvalue weighted by molar-refractivity contribution is 5.36. The molecule has 1 atom stereocenters. The molecule has 7 heteroatoms. The molecular formula is C19H25FN4O2. The number of alkyl halides is 1. The summed E-state index contributed by atoms with van der Waals surface area (Å²) in [4.78, 5) is 6.95. The zero-order valence-electron chi connectivity index (χ0n) is 15.2. The first-order valence-corrected chi connectivity index (χ1v) is 9.11. The second-order valence-corrected chi connectivity index (χ2v) is 7.61. The van der Waals surface area contributed by atoms with Crippen LogP contribution in [0.25, 0.3) is 5.69 Å². The SMILES string of the molecule is Cc1cccc(-n2nc(C3CN(C)CCO3)nc2C2CC(F)(CO)C2)c1. The summed E-state index contributed by atoms with van der Waals surface area (Å²) in [5.74, 6) is 1.35. The van der Waals surface area contributed by atoms with Crippen molar-refractivity contribution in [3.63, 3.8) is 0 Å². The predicted octanol–water partition coefficient (Wildman–Crippen LogP) is 2.16. The van der Waals surface area contributed by atoms with Gasteiger partial charge >= 0.3 is 0 Å². The number of morpholine rings is 1. The fourth-order valence-electron chi connectivity index (χ4n) is 3.76. The van der Waals surface area contributed by atoms with E-state index in [1.54, 1.807) is 0 Å². The number of halogens is 1. The lowest BCUT2D eigenvalue weighted by atomic mass is 9.72. The van der Waals surface area contributed by atoms with Crippen molar-refractivity contribution in [2.24, 2.45) is 0 Å². The van der Waals surface area contributed by atoms with Gasteiger partial charge in [-0.1, -0.05) is 12.1 Å². The lowest BCUT2D eigenvalue weighted by molar-refractivity contribution is -0.0258. The second kappa shape index (κ2) is 6.72. The Balaban J connectivity index is 1.69. The van der Waals surface area contributed by atoms with Crippen molar-refractivity contribution >= 4 is 0 Å². The maximum Gasteiger partial charge on any atom is 0.181 e. The Bertz CT molecular complexity index is 788. The third-order valence-electron chi connectivity index (χ3n) is 5.33. The van der Waals surface area contributed by atoms with Crippen molar-refractivity contribution < 1.29 is 14.2 Å². The van der Waals surface area contributed by atoms with Crippen LogP contribution in [0.3, 0.4) is 0 Å². The normalized spacial score (nSPS) is 29.5. The first kappa shape index (κ1) is 17.6. The Morgan fingerprint density at radius 2 is 2.19 bits per heavy atom. The molecule has 1 aliphatic carbocycles. The van der Waals surface area contributed by atoms with Crippen molar-refractivity contribution in [2.45, 2.75) is 37.5 Å². The first-order chi connectivity index (χ1) is 12.5. The third kappa shape index (κ3) is 3.26. The number of ether oxygens (including phenoxy) is 1. The number of likely N-dealkylation sites (N-methyl/N-ethyl adjacent to an activating group) is 1. The summed E-state index contributed by atoms with van der Waals surface area (Å²) in [6.07, 6.45) is 0.379. The van der Waals surface area contributed by atoms with Gasteiger partial charge in [0.25, 0.3) is 0 Å². The van der Waals surface area contributed by atoms with Gasteiger partial charge in [-0.05, 0) is 44.5 Å². The summed E-state index contributed by atoms with van der Waals surface area (Å²) >= 11 is 0. The molecular weight excluding hydrogens is 335 g/mol. The summed E-state index contributed by atoms with van der Waals surface area (Å²) in [6, 6.07) is 8.04. The Morgan fingerprint density at radius 3 is 2.88 bits per heavy atom. The summed E-state index contributed by atoms with van der Waals surface area (Å²) < 4.78 is 21.9. The Hall–Kier alpha value is -1.83. The van der Waals surface area contributed by atoms with Crippen LogP contribution in [0.1, 0.15) is 42.1 Å². The molecule has 1 aliphatic heterocycles. The fraction of sp³-hybridized carbons (Fsp3) is 0.579. The number of benzene rings is 1. The lowest BCUT2D eigenvalue weighted by Gasteiger charge is -2.39. The summed E-state index contributed by atoms with van der Waals surface area (Å²) in [7, 11) is 2.05. The van der Waals surface area contributed by atoms with Crippen LogP contribution in [0.15, 0.2) is 24.3 Å². The van der Waals surface area contributed by atoms with Gasteiger partial charge < -0.3 is 14.7 Å². The number of hydrogen-bond donors (Lipinski definition) is 1. The molecule has 0 spiro atoms. The molecule has 4 rings (SSSR count). The average molecular weight is 360 g/mol. The van der Waals surface area contributed by atoms with Crippen molar-refractivity contribution in [1.82, 2.24) is 19.7 Å². The number of aliphatic hydroxyl groups is 1. The van der Waals surface area contributed by atoms with Gasteiger partial charge in [-0.2, -0.15) is 0 Å². The zero-order valence-corrected chi connectivity index (χ0v) is 15.2. The lowest BCUT2D eigenvalue weighted by Crippen LogP contribution is -2.42. The number of hydrogen-bond acceptors (Lipinski definition) is 5. The van der Waals surface area contributed by atoms with Crippen molar-refractivity contribution in [2.75, 3.05) is 33.4 Å². The molecule has 2 fully saturated rings. The monoisotopic (exact) mass is 360 g/mol. The molecule has 0 radical (unpaired) electrons. The number of aliphatic hydroxyl groups excluding tert-OH is 1. The van der Waals surface area contributed by atoms with E-state index in [2.05, 4.69) is 11.9 Å². The van der Waals surface area contributed by atoms with Gasteiger partial charge in [-0.15, -0.1) is 5.10 Å². The van der Waals surface area contributed by atoms with E-state index < -0.39 is 12.3 Å². The molecule has 1 aromatic heterocycles. The molecule has 1 aromatic carbocycles. The van der Waals surface area contributed by atoms with Gasteiger partial charge in [-0.3, -0.25) is 0 Å². The second-order valence-electron chi connectivity index (χ2n) is 7.61. The molecule has 2 heterocycles. The largest absolute Gasteiger partial charge is 0.393 e. The van der Waals surface area contributed by atoms with E-state index >= 15 is 0 Å². The highest BCUT2D eigenvalue weighted by Crippen LogP contribution is 2.47. The van der Waals surface area contributed by atoms with Crippen LogP contribution in [0, 0.1) is 6.92 Å². The predicted molar refractivity (Wildman–Crippen MR) is 95.2 cm³/mol. The van der Waals surface area contributed by atoms with Crippen molar-refractivity contribution in [3.8, 4) is 5.69 Å². The van der Waals surface area contributed by atoms with Gasteiger partial charge in [0, 0.05) is 19.0 Å².